The number of hydrogen-bond acceptors (Lipinski definition) is 0. The van der Waals surface area contributed by atoms with Gasteiger partial charge in [0.2, 0.25) is 5.69 Å². The van der Waals surface area contributed by atoms with E-state index in [1.165, 1.54) is 80.6 Å². The molecule has 0 N–H and O–H groups in total. The fourth-order valence-corrected chi connectivity index (χ4v) is 6.68. The summed E-state index contributed by atoms with van der Waals surface area (Å²) in [5.41, 5.74) is 8.63. The highest BCUT2D eigenvalue weighted by Crippen LogP contribution is 2.43. The summed E-state index contributed by atoms with van der Waals surface area (Å²) in [6.45, 7) is 11.7. The van der Waals surface area contributed by atoms with E-state index in [0.717, 1.165) is 0 Å². The Morgan fingerprint density at radius 3 is 2.36 bits per heavy atom. The highest BCUT2D eigenvalue weighted by Gasteiger charge is 2.28. The van der Waals surface area contributed by atoms with Crippen molar-refractivity contribution in [3.8, 4) is 11.3 Å². The van der Waals surface area contributed by atoms with Crippen molar-refractivity contribution in [1.82, 2.24) is 4.57 Å². The Bertz CT molecular complexity index is 1610. The first-order valence-corrected chi connectivity index (χ1v) is 13.7. The van der Waals surface area contributed by atoms with Crippen LogP contribution < -0.4 is 4.57 Å². The number of nitrogens with zero attached hydrogens (tertiary/aromatic N) is 2. The maximum atomic E-state index is 2.50. The molecule has 0 spiro atoms. The second-order valence-corrected chi connectivity index (χ2v) is 12.2. The first kappa shape index (κ1) is 23.3. The van der Waals surface area contributed by atoms with Crippen LogP contribution in [0.15, 0.2) is 66.9 Å². The lowest BCUT2D eigenvalue weighted by molar-refractivity contribution is -0.659. The summed E-state index contributed by atoms with van der Waals surface area (Å²) in [6, 6.07) is 23.7. The Kier molecular flexibility index (Phi) is 5.48. The molecule has 36 heavy (non-hydrogen) atoms. The lowest BCUT2D eigenvalue weighted by Crippen LogP contribution is -2.30. The average Bonchev–Trinajstić information content (AvgIpc) is 3.17. The van der Waals surface area contributed by atoms with Crippen molar-refractivity contribution in [2.75, 3.05) is 0 Å². The third-order valence-corrected chi connectivity index (χ3v) is 8.80. The summed E-state index contributed by atoms with van der Waals surface area (Å²) in [4.78, 5) is 0. The highest BCUT2D eigenvalue weighted by atomic mass is 15.0. The normalized spacial score (nSPS) is 16.5. The molecule has 0 bridgehead atoms. The van der Waals surface area contributed by atoms with E-state index in [1.54, 1.807) is 0 Å². The van der Waals surface area contributed by atoms with Gasteiger partial charge >= 0.3 is 0 Å². The molecular weight excluding hydrogens is 436 g/mol. The van der Waals surface area contributed by atoms with Crippen LogP contribution in [0.1, 0.15) is 76.5 Å². The lowest BCUT2D eigenvalue weighted by atomic mass is 9.71. The molecule has 1 aliphatic carbocycles. The van der Waals surface area contributed by atoms with Crippen LogP contribution in [0.5, 0.6) is 0 Å². The molecule has 0 amide bonds. The van der Waals surface area contributed by atoms with Crippen molar-refractivity contribution >= 4 is 32.6 Å². The summed E-state index contributed by atoms with van der Waals surface area (Å²) in [6.07, 6.45) is 7.51. The van der Waals surface area contributed by atoms with E-state index in [4.69, 9.17) is 0 Å². The van der Waals surface area contributed by atoms with Crippen LogP contribution in [0.2, 0.25) is 0 Å². The van der Waals surface area contributed by atoms with E-state index < -0.39 is 0 Å². The number of para-hydroxylation sites is 1. The molecule has 0 atom stereocenters. The van der Waals surface area contributed by atoms with Gasteiger partial charge in [-0.05, 0) is 98.6 Å². The molecule has 3 aromatic carbocycles. The standard InChI is InChI=1S/C34H39N2/c1-22(2)36-31-10-8-7-9-28(31)30-19-23(3)29(21-32(30)36)33-27-12-11-25(20-26(27)15-18-35(33)6)24-13-16-34(4,5)17-14-24/h7-12,15,18-22,24H,13-14,16-17H2,1-6H3/q+1. The number of aryl methyl sites for hydroxylation is 2. The topological polar surface area (TPSA) is 8.81 Å². The third kappa shape index (κ3) is 3.74. The number of rotatable bonds is 3. The van der Waals surface area contributed by atoms with Gasteiger partial charge in [-0.3, -0.25) is 0 Å². The van der Waals surface area contributed by atoms with Crippen LogP contribution in [-0.4, -0.2) is 4.57 Å². The van der Waals surface area contributed by atoms with Crippen molar-refractivity contribution < 1.29 is 4.57 Å². The first-order valence-electron chi connectivity index (χ1n) is 13.7. The van der Waals surface area contributed by atoms with E-state index >= 15 is 0 Å². The molecule has 1 aliphatic rings. The van der Waals surface area contributed by atoms with Crippen molar-refractivity contribution in [2.24, 2.45) is 12.5 Å². The monoisotopic (exact) mass is 475 g/mol. The molecule has 0 unspecified atom stereocenters. The second-order valence-electron chi connectivity index (χ2n) is 12.2. The number of fused-ring (bicyclic) bond motifs is 4. The number of pyridine rings is 1. The van der Waals surface area contributed by atoms with Crippen LogP contribution in [0.25, 0.3) is 43.8 Å². The summed E-state index contributed by atoms with van der Waals surface area (Å²) < 4.78 is 4.81. The van der Waals surface area contributed by atoms with Crippen molar-refractivity contribution in [2.45, 2.75) is 72.3 Å². The van der Waals surface area contributed by atoms with E-state index in [2.05, 4.69) is 118 Å². The quantitative estimate of drug-likeness (QED) is 0.230. The van der Waals surface area contributed by atoms with Crippen LogP contribution in [0, 0.1) is 12.3 Å². The second kappa shape index (κ2) is 8.47. The van der Waals surface area contributed by atoms with E-state index in [9.17, 15) is 0 Å². The average molecular weight is 476 g/mol. The lowest BCUT2D eigenvalue weighted by Gasteiger charge is -2.34. The zero-order valence-corrected chi connectivity index (χ0v) is 22.7. The maximum absolute atomic E-state index is 2.50. The van der Waals surface area contributed by atoms with Gasteiger partial charge in [0.25, 0.3) is 0 Å². The molecule has 6 rings (SSSR count). The fourth-order valence-electron chi connectivity index (χ4n) is 6.68. The summed E-state index contributed by atoms with van der Waals surface area (Å²) in [5.74, 6) is 0.694. The Balaban J connectivity index is 1.52. The molecule has 184 valence electrons. The van der Waals surface area contributed by atoms with Crippen molar-refractivity contribution in [1.29, 1.82) is 0 Å². The van der Waals surface area contributed by atoms with E-state index in [-0.39, 0.29) is 0 Å². The molecule has 1 fully saturated rings. The van der Waals surface area contributed by atoms with Crippen LogP contribution in [-0.2, 0) is 7.05 Å². The third-order valence-electron chi connectivity index (χ3n) is 8.80. The molecule has 2 aromatic heterocycles. The van der Waals surface area contributed by atoms with E-state index in [0.29, 0.717) is 17.4 Å². The maximum Gasteiger partial charge on any atom is 0.220 e. The van der Waals surface area contributed by atoms with Crippen molar-refractivity contribution in [3.63, 3.8) is 0 Å². The molecule has 0 saturated heterocycles. The minimum absolute atomic E-state index is 0.396. The van der Waals surface area contributed by atoms with Gasteiger partial charge < -0.3 is 4.57 Å². The predicted molar refractivity (Wildman–Crippen MR) is 154 cm³/mol. The number of hydrogen-bond donors (Lipinski definition) is 0. The molecule has 0 aliphatic heterocycles. The smallest absolute Gasteiger partial charge is 0.220 e. The van der Waals surface area contributed by atoms with Crippen molar-refractivity contribution in [3.05, 3.63) is 78.0 Å². The van der Waals surface area contributed by atoms with Crippen LogP contribution >= 0.6 is 0 Å². The van der Waals surface area contributed by atoms with Gasteiger partial charge in [-0.15, -0.1) is 0 Å². The number of benzene rings is 3. The Labute approximate surface area is 215 Å². The van der Waals surface area contributed by atoms with Gasteiger partial charge in [0.05, 0.1) is 16.5 Å². The Hall–Kier alpha value is -3.13. The minimum Gasteiger partial charge on any atom is -0.338 e. The van der Waals surface area contributed by atoms with Gasteiger partial charge in [-0.2, -0.15) is 0 Å². The molecule has 2 nitrogen and oxygen atoms in total. The van der Waals surface area contributed by atoms with E-state index in [1.807, 2.05) is 0 Å². The first-order chi connectivity index (χ1) is 17.2. The molecule has 1 saturated carbocycles. The molecule has 2 heterocycles. The summed E-state index contributed by atoms with van der Waals surface area (Å²) in [7, 11) is 2.19. The van der Waals surface area contributed by atoms with Gasteiger partial charge in [-0.25, -0.2) is 4.57 Å². The minimum atomic E-state index is 0.396. The summed E-state index contributed by atoms with van der Waals surface area (Å²) in [5, 5.41) is 5.40. The SMILES string of the molecule is Cc1cc2c3ccccc3n(C(C)C)c2cc1-c1c2ccc(C3CCC(C)(C)CC3)cc2cc[n+]1C. The van der Waals surface area contributed by atoms with Gasteiger partial charge in [0, 0.05) is 28.4 Å². The molecule has 2 heteroatoms. The Morgan fingerprint density at radius 2 is 1.61 bits per heavy atom. The molecular formula is C34H39N2+. The largest absolute Gasteiger partial charge is 0.338 e. The fraction of sp³-hybridized carbons (Fsp3) is 0.382. The van der Waals surface area contributed by atoms with Gasteiger partial charge in [0.1, 0.15) is 7.05 Å². The van der Waals surface area contributed by atoms with Gasteiger partial charge in [-0.1, -0.05) is 44.2 Å². The highest BCUT2D eigenvalue weighted by molar-refractivity contribution is 6.10. The zero-order chi connectivity index (χ0) is 25.2. The zero-order valence-electron chi connectivity index (χ0n) is 22.7. The van der Waals surface area contributed by atoms with Crippen LogP contribution in [0.3, 0.4) is 0 Å². The summed E-state index contributed by atoms with van der Waals surface area (Å²) >= 11 is 0. The van der Waals surface area contributed by atoms with Crippen LogP contribution in [0.4, 0.5) is 0 Å². The predicted octanol–water partition coefficient (Wildman–Crippen LogP) is 9.01. The number of aromatic nitrogens is 2. The Morgan fingerprint density at radius 1 is 0.861 bits per heavy atom. The molecule has 0 radical (unpaired) electrons. The van der Waals surface area contributed by atoms with Gasteiger partial charge in [0.15, 0.2) is 6.20 Å². The molecule has 5 aromatic rings.